The van der Waals surface area contributed by atoms with Crippen LogP contribution >= 0.6 is 0 Å². The number of anilines is 1. The summed E-state index contributed by atoms with van der Waals surface area (Å²) in [5.74, 6) is 0.0458. The number of carbonyl (C=O) groups excluding carboxylic acids is 2. The zero-order valence-corrected chi connectivity index (χ0v) is 18.8. The molecule has 0 aliphatic carbocycles. The van der Waals surface area contributed by atoms with Crippen molar-refractivity contribution >= 4 is 23.3 Å². The topological polar surface area (TPSA) is 67.2 Å². The van der Waals surface area contributed by atoms with Crippen molar-refractivity contribution in [3.63, 3.8) is 0 Å². The maximum atomic E-state index is 13.6. The van der Waals surface area contributed by atoms with Gasteiger partial charge < -0.3 is 9.24 Å². The first-order valence-corrected chi connectivity index (χ1v) is 11.5. The number of hydrogen-bond acceptors (Lipinski definition) is 5. The first-order valence-electron chi connectivity index (χ1n) is 11.5. The van der Waals surface area contributed by atoms with Gasteiger partial charge in [-0.25, -0.2) is 9.78 Å². The Kier molecular flexibility index (Phi) is 6.35. The van der Waals surface area contributed by atoms with Gasteiger partial charge in [0.05, 0.1) is 18.3 Å². The Morgan fingerprint density at radius 2 is 1.68 bits per heavy atom. The number of carbonyl (C=O) groups is 2. The van der Waals surface area contributed by atoms with E-state index < -0.39 is 12.0 Å². The SMILES string of the molecule is O=C(ON1CCN(c2cn3ccccc3n2)C(=O)C1CCCc1ccccc1)c1ccccc1. The Bertz CT molecular complexity index is 1240. The quantitative estimate of drug-likeness (QED) is 0.420. The number of nitrogens with zero attached hydrogens (tertiary/aromatic N) is 4. The molecule has 1 unspecified atom stereocenters. The largest absolute Gasteiger partial charge is 0.363 e. The third-order valence-electron chi connectivity index (χ3n) is 6.07. The molecule has 2 aromatic heterocycles. The fourth-order valence-corrected chi connectivity index (χ4v) is 4.30. The van der Waals surface area contributed by atoms with E-state index in [2.05, 4.69) is 17.1 Å². The second-order valence-electron chi connectivity index (χ2n) is 8.33. The van der Waals surface area contributed by atoms with Gasteiger partial charge in [-0.05, 0) is 49.1 Å². The van der Waals surface area contributed by atoms with E-state index in [-0.39, 0.29) is 5.91 Å². The monoisotopic (exact) mass is 454 g/mol. The van der Waals surface area contributed by atoms with E-state index in [9.17, 15) is 9.59 Å². The van der Waals surface area contributed by atoms with Gasteiger partial charge in [0.15, 0.2) is 5.82 Å². The summed E-state index contributed by atoms with van der Waals surface area (Å²) >= 11 is 0. The van der Waals surface area contributed by atoms with Gasteiger partial charge in [0, 0.05) is 12.7 Å². The lowest BCUT2D eigenvalue weighted by Crippen LogP contribution is -2.57. The molecule has 5 rings (SSSR count). The van der Waals surface area contributed by atoms with E-state index >= 15 is 0 Å². The van der Waals surface area contributed by atoms with Crippen LogP contribution in [0.3, 0.4) is 0 Å². The molecule has 7 nitrogen and oxygen atoms in total. The standard InChI is InChI=1S/C27H26N4O3/c32-26-23(15-9-12-21-10-3-1-4-11-21)31(34-27(33)22-13-5-2-6-14-22)19-18-30(26)25-20-29-17-8-7-16-24(29)28-25/h1-8,10-11,13-14,16-17,20,23H,9,12,15,18-19H2. The Morgan fingerprint density at radius 3 is 2.44 bits per heavy atom. The molecule has 0 N–H and O–H groups in total. The molecule has 0 bridgehead atoms. The molecule has 0 radical (unpaired) electrons. The second-order valence-corrected chi connectivity index (χ2v) is 8.33. The van der Waals surface area contributed by atoms with Crippen LogP contribution in [-0.4, -0.2) is 45.5 Å². The molecule has 1 aliphatic rings. The van der Waals surface area contributed by atoms with Crippen molar-refractivity contribution in [2.45, 2.75) is 25.3 Å². The fourth-order valence-electron chi connectivity index (χ4n) is 4.30. The summed E-state index contributed by atoms with van der Waals surface area (Å²) in [7, 11) is 0. The van der Waals surface area contributed by atoms with Crippen LogP contribution in [0, 0.1) is 0 Å². The van der Waals surface area contributed by atoms with Crippen molar-refractivity contribution in [1.82, 2.24) is 14.4 Å². The molecule has 34 heavy (non-hydrogen) atoms. The maximum absolute atomic E-state index is 13.6. The molecular weight excluding hydrogens is 428 g/mol. The number of hydroxylamine groups is 2. The minimum absolute atomic E-state index is 0.108. The van der Waals surface area contributed by atoms with Gasteiger partial charge in [0.2, 0.25) is 5.91 Å². The zero-order valence-electron chi connectivity index (χ0n) is 18.8. The number of aryl methyl sites for hydroxylation is 1. The molecule has 1 atom stereocenters. The molecule has 4 aromatic rings. The highest BCUT2D eigenvalue weighted by Gasteiger charge is 2.38. The highest BCUT2D eigenvalue weighted by molar-refractivity contribution is 5.97. The van der Waals surface area contributed by atoms with Crippen LogP contribution < -0.4 is 4.90 Å². The normalized spacial score (nSPS) is 16.6. The molecule has 0 saturated carbocycles. The number of amides is 1. The van der Waals surface area contributed by atoms with Gasteiger partial charge in [-0.1, -0.05) is 54.6 Å². The number of fused-ring (bicyclic) bond motifs is 1. The fraction of sp³-hybridized carbons (Fsp3) is 0.222. The highest BCUT2D eigenvalue weighted by Crippen LogP contribution is 2.24. The molecule has 7 heteroatoms. The van der Waals surface area contributed by atoms with Gasteiger partial charge >= 0.3 is 5.97 Å². The lowest BCUT2D eigenvalue weighted by Gasteiger charge is -2.38. The molecule has 3 heterocycles. The first kappa shape index (κ1) is 21.9. The highest BCUT2D eigenvalue weighted by atomic mass is 16.7. The third-order valence-corrected chi connectivity index (χ3v) is 6.07. The lowest BCUT2D eigenvalue weighted by molar-refractivity contribution is -0.163. The minimum atomic E-state index is -0.574. The first-order chi connectivity index (χ1) is 16.7. The number of pyridine rings is 1. The van der Waals surface area contributed by atoms with Crippen LogP contribution in [0.5, 0.6) is 0 Å². The van der Waals surface area contributed by atoms with Crippen LogP contribution in [-0.2, 0) is 16.1 Å². The summed E-state index contributed by atoms with van der Waals surface area (Å²) < 4.78 is 1.90. The van der Waals surface area contributed by atoms with Gasteiger partial charge in [-0.2, -0.15) is 0 Å². The van der Waals surface area contributed by atoms with E-state index in [0.29, 0.717) is 30.9 Å². The number of rotatable bonds is 7. The van der Waals surface area contributed by atoms with E-state index in [0.717, 1.165) is 18.5 Å². The van der Waals surface area contributed by atoms with Gasteiger partial charge in [0.1, 0.15) is 11.7 Å². The number of benzene rings is 2. The molecule has 1 amide bonds. The summed E-state index contributed by atoms with van der Waals surface area (Å²) in [6, 6.07) is 24.2. The molecule has 172 valence electrons. The van der Waals surface area contributed by atoms with Crippen molar-refractivity contribution in [3.8, 4) is 0 Å². The average molecular weight is 455 g/mol. The Hall–Kier alpha value is -3.97. The molecule has 1 fully saturated rings. The van der Waals surface area contributed by atoms with E-state index in [1.807, 2.05) is 59.3 Å². The van der Waals surface area contributed by atoms with Gasteiger partial charge in [-0.3, -0.25) is 9.69 Å². The summed E-state index contributed by atoms with van der Waals surface area (Å²) in [6.45, 7) is 0.800. The number of hydrogen-bond donors (Lipinski definition) is 0. The second kappa shape index (κ2) is 9.89. The van der Waals surface area contributed by atoms with Crippen LogP contribution in [0.15, 0.2) is 91.3 Å². The van der Waals surface area contributed by atoms with E-state index in [4.69, 9.17) is 4.84 Å². The van der Waals surface area contributed by atoms with Gasteiger partial charge in [-0.15, -0.1) is 5.06 Å². The Morgan fingerprint density at radius 1 is 0.941 bits per heavy atom. The van der Waals surface area contributed by atoms with E-state index in [1.54, 1.807) is 34.2 Å². The van der Waals surface area contributed by atoms with Crippen molar-refractivity contribution in [2.75, 3.05) is 18.0 Å². The summed E-state index contributed by atoms with van der Waals surface area (Å²) in [4.78, 5) is 38.4. The van der Waals surface area contributed by atoms with Crippen molar-refractivity contribution in [2.24, 2.45) is 0 Å². The predicted octanol–water partition coefficient (Wildman–Crippen LogP) is 4.15. The third kappa shape index (κ3) is 4.70. The Balaban J connectivity index is 1.35. The number of piperazine rings is 1. The molecule has 0 spiro atoms. The summed E-state index contributed by atoms with van der Waals surface area (Å²) in [5.41, 5.74) is 2.46. The number of aromatic nitrogens is 2. The molecule has 2 aromatic carbocycles. The molecule has 1 saturated heterocycles. The predicted molar refractivity (Wildman–Crippen MR) is 129 cm³/mol. The Labute approximate surface area is 198 Å². The lowest BCUT2D eigenvalue weighted by atomic mass is 10.0. The van der Waals surface area contributed by atoms with Gasteiger partial charge in [0.25, 0.3) is 0 Å². The zero-order chi connectivity index (χ0) is 23.3. The van der Waals surface area contributed by atoms with Crippen LogP contribution in [0.25, 0.3) is 5.65 Å². The average Bonchev–Trinajstić information content (AvgIpc) is 3.31. The summed E-state index contributed by atoms with van der Waals surface area (Å²) in [5, 5.41) is 1.55. The van der Waals surface area contributed by atoms with Crippen molar-refractivity contribution in [1.29, 1.82) is 0 Å². The maximum Gasteiger partial charge on any atom is 0.357 e. The van der Waals surface area contributed by atoms with Crippen molar-refractivity contribution in [3.05, 3.63) is 102 Å². The smallest absolute Gasteiger partial charge is 0.357 e. The minimum Gasteiger partial charge on any atom is -0.363 e. The van der Waals surface area contributed by atoms with Crippen LogP contribution in [0.1, 0.15) is 28.8 Å². The molecular formula is C27H26N4O3. The van der Waals surface area contributed by atoms with Crippen LogP contribution in [0.4, 0.5) is 5.82 Å². The number of imidazole rings is 1. The van der Waals surface area contributed by atoms with Crippen LogP contribution in [0.2, 0.25) is 0 Å². The molecule has 1 aliphatic heterocycles. The summed E-state index contributed by atoms with van der Waals surface area (Å²) in [6.07, 6.45) is 5.98. The van der Waals surface area contributed by atoms with Crippen molar-refractivity contribution < 1.29 is 14.4 Å². The van der Waals surface area contributed by atoms with E-state index in [1.165, 1.54) is 5.56 Å².